The Kier molecular flexibility index (Phi) is 5.52. The highest BCUT2D eigenvalue weighted by molar-refractivity contribution is 6.28. The van der Waals surface area contributed by atoms with Gasteiger partial charge in [-0.05, 0) is 24.9 Å². The molecule has 7 nitrogen and oxygen atoms in total. The SMILES string of the molecule is CCCOc1nc(Cl)nc(NC(C)(CO)CO)n1. The minimum Gasteiger partial charge on any atom is -0.463 e. The van der Waals surface area contributed by atoms with Crippen LogP contribution in [0.2, 0.25) is 5.28 Å². The van der Waals surface area contributed by atoms with Crippen LogP contribution in [0.3, 0.4) is 0 Å². The minimum absolute atomic E-state index is 0.0168. The average molecular weight is 277 g/mol. The molecule has 0 aromatic carbocycles. The summed E-state index contributed by atoms with van der Waals surface area (Å²) in [4.78, 5) is 11.7. The van der Waals surface area contributed by atoms with E-state index in [-0.39, 0.29) is 30.5 Å². The van der Waals surface area contributed by atoms with Gasteiger partial charge < -0.3 is 20.3 Å². The van der Waals surface area contributed by atoms with Gasteiger partial charge in [-0.25, -0.2) is 0 Å². The van der Waals surface area contributed by atoms with Crippen LogP contribution in [0.25, 0.3) is 0 Å². The van der Waals surface area contributed by atoms with Gasteiger partial charge in [-0.3, -0.25) is 0 Å². The van der Waals surface area contributed by atoms with E-state index in [9.17, 15) is 0 Å². The van der Waals surface area contributed by atoms with Crippen molar-refractivity contribution in [2.24, 2.45) is 0 Å². The first-order chi connectivity index (χ1) is 8.53. The molecule has 0 atom stereocenters. The zero-order valence-electron chi connectivity index (χ0n) is 10.4. The van der Waals surface area contributed by atoms with Crippen molar-refractivity contribution in [1.29, 1.82) is 0 Å². The molecule has 3 N–H and O–H groups in total. The number of hydrogen-bond acceptors (Lipinski definition) is 7. The molecule has 0 radical (unpaired) electrons. The second-order valence-electron chi connectivity index (χ2n) is 4.06. The van der Waals surface area contributed by atoms with E-state index < -0.39 is 5.54 Å². The molecule has 18 heavy (non-hydrogen) atoms. The van der Waals surface area contributed by atoms with Crippen molar-refractivity contribution in [3.63, 3.8) is 0 Å². The van der Waals surface area contributed by atoms with Crippen LogP contribution < -0.4 is 10.1 Å². The smallest absolute Gasteiger partial charge is 0.322 e. The highest BCUT2D eigenvalue weighted by atomic mass is 35.5. The van der Waals surface area contributed by atoms with E-state index in [1.165, 1.54) is 0 Å². The molecular formula is C10H17ClN4O3. The number of aromatic nitrogens is 3. The lowest BCUT2D eigenvalue weighted by Crippen LogP contribution is -2.43. The number of aliphatic hydroxyl groups excluding tert-OH is 2. The number of aliphatic hydroxyl groups is 2. The molecule has 1 heterocycles. The van der Waals surface area contributed by atoms with Crippen LogP contribution in [0.5, 0.6) is 6.01 Å². The summed E-state index contributed by atoms with van der Waals surface area (Å²) in [6, 6.07) is 0.109. The molecule has 0 bridgehead atoms. The molecule has 0 saturated carbocycles. The highest BCUT2D eigenvalue weighted by Crippen LogP contribution is 2.15. The summed E-state index contributed by atoms with van der Waals surface area (Å²) in [7, 11) is 0. The van der Waals surface area contributed by atoms with E-state index in [4.69, 9.17) is 26.6 Å². The van der Waals surface area contributed by atoms with E-state index in [0.717, 1.165) is 6.42 Å². The van der Waals surface area contributed by atoms with E-state index >= 15 is 0 Å². The molecule has 1 aromatic rings. The number of hydrogen-bond donors (Lipinski definition) is 3. The van der Waals surface area contributed by atoms with Crippen molar-refractivity contribution in [2.75, 3.05) is 25.1 Å². The summed E-state index contributed by atoms with van der Waals surface area (Å²) in [5, 5.41) is 21.1. The van der Waals surface area contributed by atoms with Gasteiger partial charge in [-0.2, -0.15) is 15.0 Å². The summed E-state index contributed by atoms with van der Waals surface area (Å²) >= 11 is 5.74. The number of nitrogens with one attached hydrogen (secondary N) is 1. The van der Waals surface area contributed by atoms with Crippen LogP contribution in [0, 0.1) is 0 Å². The van der Waals surface area contributed by atoms with E-state index in [1.807, 2.05) is 6.92 Å². The van der Waals surface area contributed by atoms with Gasteiger partial charge in [0.15, 0.2) is 0 Å². The predicted octanol–water partition coefficient (Wildman–Crippen LogP) is 0.469. The number of halogens is 1. The molecule has 0 fully saturated rings. The number of nitrogens with zero attached hydrogens (tertiary/aromatic N) is 3. The van der Waals surface area contributed by atoms with Crippen LogP contribution in [-0.2, 0) is 0 Å². The lowest BCUT2D eigenvalue weighted by atomic mass is 10.1. The molecule has 1 rings (SSSR count). The Morgan fingerprint density at radius 2 is 1.94 bits per heavy atom. The van der Waals surface area contributed by atoms with Crippen LogP contribution in [0.15, 0.2) is 0 Å². The van der Waals surface area contributed by atoms with Crippen LogP contribution >= 0.6 is 11.6 Å². The first-order valence-corrected chi connectivity index (χ1v) is 5.95. The van der Waals surface area contributed by atoms with Gasteiger partial charge in [0.2, 0.25) is 11.2 Å². The van der Waals surface area contributed by atoms with Crippen LogP contribution in [0.1, 0.15) is 20.3 Å². The zero-order chi connectivity index (χ0) is 13.6. The largest absolute Gasteiger partial charge is 0.463 e. The Bertz CT molecular complexity index is 387. The molecule has 0 aliphatic rings. The molecular weight excluding hydrogens is 260 g/mol. The van der Waals surface area contributed by atoms with Gasteiger partial charge in [0.25, 0.3) is 0 Å². The van der Waals surface area contributed by atoms with Gasteiger partial charge in [0, 0.05) is 0 Å². The topological polar surface area (TPSA) is 100 Å². The van der Waals surface area contributed by atoms with E-state index in [0.29, 0.717) is 6.61 Å². The summed E-state index contributed by atoms with van der Waals surface area (Å²) in [5.74, 6) is 0.145. The second kappa shape index (κ2) is 6.67. The maximum absolute atomic E-state index is 9.17. The van der Waals surface area contributed by atoms with Gasteiger partial charge in [-0.15, -0.1) is 0 Å². The molecule has 102 valence electrons. The van der Waals surface area contributed by atoms with Crippen molar-refractivity contribution in [2.45, 2.75) is 25.8 Å². The van der Waals surface area contributed by atoms with Crippen molar-refractivity contribution in [1.82, 2.24) is 15.0 Å². The number of ether oxygens (including phenoxy) is 1. The Balaban J connectivity index is 2.85. The van der Waals surface area contributed by atoms with Crippen molar-refractivity contribution in [3.8, 4) is 6.01 Å². The van der Waals surface area contributed by atoms with Gasteiger partial charge in [-0.1, -0.05) is 6.92 Å². The third-order valence-corrected chi connectivity index (χ3v) is 2.30. The summed E-state index contributed by atoms with van der Waals surface area (Å²) < 4.78 is 5.25. The van der Waals surface area contributed by atoms with Crippen molar-refractivity contribution >= 4 is 17.5 Å². The third-order valence-electron chi connectivity index (χ3n) is 2.13. The summed E-state index contributed by atoms with van der Waals surface area (Å²) in [6.45, 7) is 3.49. The molecule has 1 aromatic heterocycles. The maximum atomic E-state index is 9.17. The Morgan fingerprint density at radius 1 is 1.28 bits per heavy atom. The van der Waals surface area contributed by atoms with Crippen molar-refractivity contribution < 1.29 is 14.9 Å². The minimum atomic E-state index is -0.938. The molecule has 8 heteroatoms. The summed E-state index contributed by atoms with van der Waals surface area (Å²) in [5.41, 5.74) is -0.938. The van der Waals surface area contributed by atoms with Crippen LogP contribution in [0.4, 0.5) is 5.95 Å². The Labute approximate surface area is 110 Å². The molecule has 0 amide bonds. The lowest BCUT2D eigenvalue weighted by molar-refractivity contribution is 0.147. The Morgan fingerprint density at radius 3 is 2.50 bits per heavy atom. The Hall–Kier alpha value is -1.18. The molecule has 0 unspecified atom stereocenters. The molecule has 0 saturated heterocycles. The zero-order valence-corrected chi connectivity index (χ0v) is 11.1. The third kappa shape index (κ3) is 4.25. The number of anilines is 1. The summed E-state index contributed by atoms with van der Waals surface area (Å²) in [6.07, 6.45) is 0.817. The lowest BCUT2D eigenvalue weighted by Gasteiger charge is -2.25. The fraction of sp³-hybridized carbons (Fsp3) is 0.700. The fourth-order valence-electron chi connectivity index (χ4n) is 1.04. The standard InChI is InChI=1S/C10H17ClN4O3/c1-3-4-18-9-13-7(11)12-8(14-9)15-10(2,5-16)6-17/h16-17H,3-6H2,1-2H3,(H,12,13,14,15). The first-order valence-electron chi connectivity index (χ1n) is 5.57. The normalized spacial score (nSPS) is 11.4. The first kappa shape index (κ1) is 14.9. The maximum Gasteiger partial charge on any atom is 0.322 e. The van der Waals surface area contributed by atoms with Gasteiger partial charge >= 0.3 is 6.01 Å². The second-order valence-corrected chi connectivity index (χ2v) is 4.40. The predicted molar refractivity (Wildman–Crippen MR) is 66.8 cm³/mol. The highest BCUT2D eigenvalue weighted by Gasteiger charge is 2.23. The number of rotatable bonds is 7. The monoisotopic (exact) mass is 276 g/mol. The van der Waals surface area contributed by atoms with Crippen molar-refractivity contribution in [3.05, 3.63) is 5.28 Å². The van der Waals surface area contributed by atoms with Crippen LogP contribution in [-0.4, -0.2) is 50.5 Å². The molecule has 0 aliphatic heterocycles. The average Bonchev–Trinajstić information content (AvgIpc) is 2.35. The quantitative estimate of drug-likeness (QED) is 0.665. The molecule has 0 aliphatic carbocycles. The van der Waals surface area contributed by atoms with Gasteiger partial charge in [0.05, 0.1) is 25.4 Å². The molecule has 0 spiro atoms. The van der Waals surface area contributed by atoms with Gasteiger partial charge in [0.1, 0.15) is 0 Å². The van der Waals surface area contributed by atoms with E-state index in [1.54, 1.807) is 6.92 Å². The van der Waals surface area contributed by atoms with E-state index in [2.05, 4.69) is 20.3 Å². The fourth-order valence-corrected chi connectivity index (χ4v) is 1.20.